The topological polar surface area (TPSA) is 68.0 Å². The Bertz CT molecular complexity index is 505. The normalized spacial score (nSPS) is 10.3. The van der Waals surface area contributed by atoms with Gasteiger partial charge in [-0.2, -0.15) is 5.10 Å². The maximum atomic E-state index is 10.9. The van der Waals surface area contributed by atoms with Crippen LogP contribution in [-0.4, -0.2) is 25.8 Å². The van der Waals surface area contributed by atoms with Crippen LogP contribution in [0.4, 0.5) is 0 Å². The average molecular weight is 217 g/mol. The lowest BCUT2D eigenvalue weighted by Crippen LogP contribution is -2.07. The van der Waals surface area contributed by atoms with E-state index < -0.39 is 5.97 Å². The Morgan fingerprint density at radius 3 is 2.88 bits per heavy atom. The van der Waals surface area contributed by atoms with E-state index in [9.17, 15) is 4.79 Å². The van der Waals surface area contributed by atoms with Crippen LogP contribution >= 0.6 is 0 Å². The number of aryl methyl sites for hydroxylation is 1. The molecule has 0 aromatic carbocycles. The number of carbonyl (C=O) groups is 1. The molecule has 0 aliphatic carbocycles. The quantitative estimate of drug-likeness (QED) is 0.849. The van der Waals surface area contributed by atoms with E-state index in [1.165, 1.54) is 4.68 Å². The molecule has 2 aromatic heterocycles. The molecule has 0 saturated heterocycles. The molecule has 0 aliphatic heterocycles. The second-order valence-electron chi connectivity index (χ2n) is 3.28. The number of aromatic carboxylic acids is 1. The number of carboxylic acid groups (broad SMARTS) is 1. The van der Waals surface area contributed by atoms with Crippen LogP contribution < -0.4 is 0 Å². The molecular formula is C11H11N3O2. The van der Waals surface area contributed by atoms with Gasteiger partial charge in [-0.1, -0.05) is 0 Å². The van der Waals surface area contributed by atoms with E-state index in [0.29, 0.717) is 12.2 Å². The van der Waals surface area contributed by atoms with Gasteiger partial charge in [0.25, 0.3) is 0 Å². The number of nitrogens with zero attached hydrogens (tertiary/aromatic N) is 3. The fraction of sp³-hybridized carbons (Fsp3) is 0.182. The highest BCUT2D eigenvalue weighted by Gasteiger charge is 2.13. The summed E-state index contributed by atoms with van der Waals surface area (Å²) in [5.41, 5.74) is 1.64. The van der Waals surface area contributed by atoms with Crippen molar-refractivity contribution < 1.29 is 9.90 Å². The summed E-state index contributed by atoms with van der Waals surface area (Å²) in [6, 6.07) is 5.20. The predicted octanol–water partition coefficient (Wildman–Crippen LogP) is 1.66. The van der Waals surface area contributed by atoms with E-state index in [0.717, 1.165) is 5.56 Å². The zero-order valence-electron chi connectivity index (χ0n) is 8.79. The Balaban J connectivity index is 2.48. The van der Waals surface area contributed by atoms with E-state index in [1.807, 2.05) is 13.0 Å². The van der Waals surface area contributed by atoms with Crippen LogP contribution in [0.1, 0.15) is 17.4 Å². The summed E-state index contributed by atoms with van der Waals surface area (Å²) in [7, 11) is 0. The van der Waals surface area contributed by atoms with Crippen LogP contribution in [0.3, 0.4) is 0 Å². The minimum atomic E-state index is -0.968. The summed E-state index contributed by atoms with van der Waals surface area (Å²) in [4.78, 5) is 14.9. The van der Waals surface area contributed by atoms with Gasteiger partial charge in [-0.15, -0.1) is 0 Å². The van der Waals surface area contributed by atoms with Crippen molar-refractivity contribution in [1.82, 2.24) is 14.8 Å². The third-order valence-corrected chi connectivity index (χ3v) is 2.26. The maximum absolute atomic E-state index is 10.9. The van der Waals surface area contributed by atoms with Crippen molar-refractivity contribution >= 4 is 5.97 Å². The monoisotopic (exact) mass is 217 g/mol. The van der Waals surface area contributed by atoms with Crippen molar-refractivity contribution in [2.45, 2.75) is 13.5 Å². The smallest absolute Gasteiger partial charge is 0.354 e. The van der Waals surface area contributed by atoms with Gasteiger partial charge in [0.2, 0.25) is 0 Å². The molecule has 0 saturated carbocycles. The summed E-state index contributed by atoms with van der Waals surface area (Å²) in [5.74, 6) is -0.968. The summed E-state index contributed by atoms with van der Waals surface area (Å²) < 4.78 is 1.46. The van der Waals surface area contributed by atoms with Gasteiger partial charge in [-0.3, -0.25) is 9.67 Å². The average Bonchev–Trinajstić information content (AvgIpc) is 2.74. The largest absolute Gasteiger partial charge is 0.477 e. The highest BCUT2D eigenvalue weighted by Crippen LogP contribution is 2.17. The summed E-state index contributed by atoms with van der Waals surface area (Å²) >= 11 is 0. The van der Waals surface area contributed by atoms with Crippen LogP contribution in [-0.2, 0) is 6.54 Å². The third-order valence-electron chi connectivity index (χ3n) is 2.26. The number of hydrogen-bond donors (Lipinski definition) is 1. The number of hydrogen-bond acceptors (Lipinski definition) is 3. The first kappa shape index (κ1) is 10.4. The fourth-order valence-corrected chi connectivity index (χ4v) is 1.49. The highest BCUT2D eigenvalue weighted by atomic mass is 16.4. The molecule has 0 radical (unpaired) electrons. The molecule has 0 fully saturated rings. The lowest BCUT2D eigenvalue weighted by molar-refractivity contribution is 0.0683. The molecule has 0 aliphatic rings. The minimum Gasteiger partial charge on any atom is -0.477 e. The zero-order chi connectivity index (χ0) is 11.5. The van der Waals surface area contributed by atoms with Gasteiger partial charge < -0.3 is 5.11 Å². The van der Waals surface area contributed by atoms with Crippen LogP contribution in [0.25, 0.3) is 11.3 Å². The van der Waals surface area contributed by atoms with Crippen LogP contribution in [0.15, 0.2) is 30.6 Å². The molecule has 16 heavy (non-hydrogen) atoms. The van der Waals surface area contributed by atoms with Crippen molar-refractivity contribution in [2.75, 3.05) is 0 Å². The number of pyridine rings is 1. The second-order valence-corrected chi connectivity index (χ2v) is 3.28. The highest BCUT2D eigenvalue weighted by molar-refractivity contribution is 5.87. The van der Waals surface area contributed by atoms with Crippen LogP contribution in [0.5, 0.6) is 0 Å². The Kier molecular flexibility index (Phi) is 2.68. The molecule has 82 valence electrons. The third kappa shape index (κ3) is 1.79. The first-order chi connectivity index (χ1) is 7.72. The Morgan fingerprint density at radius 2 is 2.38 bits per heavy atom. The Hall–Kier alpha value is -2.17. The van der Waals surface area contributed by atoms with Gasteiger partial charge in [0.05, 0.1) is 5.69 Å². The van der Waals surface area contributed by atoms with Crippen molar-refractivity contribution in [2.24, 2.45) is 0 Å². The summed E-state index contributed by atoms with van der Waals surface area (Å²) in [5, 5.41) is 13.2. The predicted molar refractivity (Wildman–Crippen MR) is 58.1 cm³/mol. The zero-order valence-corrected chi connectivity index (χ0v) is 8.79. The van der Waals surface area contributed by atoms with E-state index >= 15 is 0 Å². The maximum Gasteiger partial charge on any atom is 0.354 e. The molecular weight excluding hydrogens is 206 g/mol. The van der Waals surface area contributed by atoms with E-state index in [1.54, 1.807) is 24.5 Å². The van der Waals surface area contributed by atoms with Crippen molar-refractivity contribution in [3.05, 3.63) is 36.3 Å². The molecule has 0 unspecified atom stereocenters. The first-order valence-electron chi connectivity index (χ1n) is 4.94. The second kappa shape index (κ2) is 4.14. The molecule has 0 atom stereocenters. The molecule has 0 amide bonds. The van der Waals surface area contributed by atoms with Gasteiger partial charge in [0.1, 0.15) is 5.69 Å². The molecule has 5 heteroatoms. The molecule has 0 bridgehead atoms. The van der Waals surface area contributed by atoms with Gasteiger partial charge in [0, 0.05) is 24.5 Å². The summed E-state index contributed by atoms with van der Waals surface area (Å²) in [6.07, 6.45) is 3.33. The summed E-state index contributed by atoms with van der Waals surface area (Å²) in [6.45, 7) is 2.38. The lowest BCUT2D eigenvalue weighted by atomic mass is 10.2. The standard InChI is InChI=1S/C11H11N3O2/c1-2-14-10(11(15)16)6-9(13-14)8-4-3-5-12-7-8/h3-7H,2H2,1H3,(H,15,16). The molecule has 2 rings (SSSR count). The van der Waals surface area contributed by atoms with E-state index in [4.69, 9.17) is 5.11 Å². The van der Waals surface area contributed by atoms with Gasteiger partial charge in [-0.05, 0) is 25.1 Å². The van der Waals surface area contributed by atoms with Crippen molar-refractivity contribution in [1.29, 1.82) is 0 Å². The Labute approximate surface area is 92.4 Å². The van der Waals surface area contributed by atoms with E-state index in [-0.39, 0.29) is 5.69 Å². The van der Waals surface area contributed by atoms with Crippen molar-refractivity contribution in [3.8, 4) is 11.3 Å². The van der Waals surface area contributed by atoms with Crippen molar-refractivity contribution in [3.63, 3.8) is 0 Å². The molecule has 0 spiro atoms. The van der Waals surface area contributed by atoms with Gasteiger partial charge >= 0.3 is 5.97 Å². The number of rotatable bonds is 3. The van der Waals surface area contributed by atoms with Gasteiger partial charge in [-0.25, -0.2) is 4.79 Å². The SMILES string of the molecule is CCn1nc(-c2cccnc2)cc1C(=O)O. The number of carboxylic acids is 1. The van der Waals surface area contributed by atoms with E-state index in [2.05, 4.69) is 10.1 Å². The Morgan fingerprint density at radius 1 is 1.56 bits per heavy atom. The number of aromatic nitrogens is 3. The molecule has 1 N–H and O–H groups in total. The molecule has 5 nitrogen and oxygen atoms in total. The minimum absolute atomic E-state index is 0.196. The van der Waals surface area contributed by atoms with Crippen LogP contribution in [0.2, 0.25) is 0 Å². The lowest BCUT2D eigenvalue weighted by Gasteiger charge is -1.97. The molecule has 2 heterocycles. The first-order valence-corrected chi connectivity index (χ1v) is 4.94. The van der Waals surface area contributed by atoms with Crippen LogP contribution in [0, 0.1) is 0 Å². The molecule has 2 aromatic rings. The fourth-order valence-electron chi connectivity index (χ4n) is 1.49. The van der Waals surface area contributed by atoms with Gasteiger partial charge in [0.15, 0.2) is 0 Å².